The van der Waals surface area contributed by atoms with Crippen LogP contribution in [0, 0.1) is 7.11 Å². The van der Waals surface area contributed by atoms with Gasteiger partial charge in [0.25, 0.3) is 0 Å². The molecule has 1 aliphatic heterocycles. The van der Waals surface area contributed by atoms with E-state index >= 15 is 0 Å². The van der Waals surface area contributed by atoms with E-state index < -0.39 is 0 Å². The molecule has 0 aliphatic carbocycles. The maximum atomic E-state index is 5.01. The van der Waals surface area contributed by atoms with Crippen LogP contribution >= 0.6 is 0 Å². The van der Waals surface area contributed by atoms with Crippen LogP contribution in [0.4, 0.5) is 0 Å². The number of likely N-dealkylation sites (N-methyl/N-ethyl adjacent to an activating group) is 1. The predicted octanol–water partition coefficient (Wildman–Crippen LogP) is -1.72. The van der Waals surface area contributed by atoms with Crippen molar-refractivity contribution < 1.29 is 56.1 Å². The fraction of sp³-hybridized carbons (Fsp3) is 0.875. The smallest absolute Gasteiger partial charge is 0.552 e. The standard InChI is InChI=1S/C8H16NO.K/c1-7(10-3)8-5-4-6-9(8)2;/h7-8H,3-6H2,1-2H3;/q-1;+1. The van der Waals surface area contributed by atoms with Crippen molar-refractivity contribution in [1.29, 1.82) is 0 Å². The molecule has 2 unspecified atom stereocenters. The van der Waals surface area contributed by atoms with Crippen molar-refractivity contribution in [2.24, 2.45) is 0 Å². The molecule has 1 saturated heterocycles. The molecule has 0 saturated carbocycles. The van der Waals surface area contributed by atoms with Gasteiger partial charge in [0, 0.05) is 12.1 Å². The van der Waals surface area contributed by atoms with Crippen LogP contribution in [-0.2, 0) is 4.74 Å². The van der Waals surface area contributed by atoms with Crippen molar-refractivity contribution in [2.45, 2.75) is 31.9 Å². The summed E-state index contributed by atoms with van der Waals surface area (Å²) in [6, 6.07) is 0.595. The molecule has 0 spiro atoms. The minimum Gasteiger partial charge on any atom is -0.552 e. The molecular formula is C8H16KNO. The van der Waals surface area contributed by atoms with Crippen LogP contribution in [0.3, 0.4) is 0 Å². The average molecular weight is 181 g/mol. The van der Waals surface area contributed by atoms with Crippen molar-refractivity contribution >= 4 is 0 Å². The van der Waals surface area contributed by atoms with Gasteiger partial charge >= 0.3 is 51.4 Å². The molecule has 2 atom stereocenters. The summed E-state index contributed by atoms with van der Waals surface area (Å²) in [5, 5.41) is 0. The molecule has 0 radical (unpaired) electrons. The van der Waals surface area contributed by atoms with E-state index in [-0.39, 0.29) is 57.5 Å². The van der Waals surface area contributed by atoms with E-state index in [1.165, 1.54) is 19.4 Å². The van der Waals surface area contributed by atoms with E-state index in [0.29, 0.717) is 6.04 Å². The van der Waals surface area contributed by atoms with Gasteiger partial charge in [-0.2, -0.15) is 0 Å². The first-order valence-corrected chi connectivity index (χ1v) is 3.86. The third-order valence-electron chi connectivity index (χ3n) is 2.38. The van der Waals surface area contributed by atoms with Gasteiger partial charge in [0.2, 0.25) is 0 Å². The van der Waals surface area contributed by atoms with Crippen molar-refractivity contribution in [2.75, 3.05) is 13.6 Å². The van der Waals surface area contributed by atoms with E-state index in [2.05, 4.69) is 26.0 Å². The van der Waals surface area contributed by atoms with Gasteiger partial charge in [-0.3, -0.25) is 0 Å². The van der Waals surface area contributed by atoms with Gasteiger partial charge in [-0.15, -0.1) is 0 Å². The Bertz CT molecular complexity index is 110. The number of hydrogen-bond donors (Lipinski definition) is 0. The summed E-state index contributed by atoms with van der Waals surface area (Å²) in [6.45, 7) is 3.29. The van der Waals surface area contributed by atoms with Gasteiger partial charge in [0.15, 0.2) is 0 Å². The number of hydrogen-bond acceptors (Lipinski definition) is 2. The number of rotatable bonds is 2. The molecule has 60 valence electrons. The van der Waals surface area contributed by atoms with Gasteiger partial charge in [0.05, 0.1) is 0 Å². The minimum atomic E-state index is 0. The van der Waals surface area contributed by atoms with Crippen LogP contribution in [0.2, 0.25) is 0 Å². The Kier molecular flexibility index (Phi) is 6.94. The first-order valence-electron chi connectivity index (χ1n) is 3.86. The molecular weight excluding hydrogens is 165 g/mol. The maximum absolute atomic E-state index is 5.01. The van der Waals surface area contributed by atoms with Gasteiger partial charge in [0.1, 0.15) is 0 Å². The van der Waals surface area contributed by atoms with Crippen LogP contribution in [0.5, 0.6) is 0 Å². The van der Waals surface area contributed by atoms with Crippen LogP contribution in [0.25, 0.3) is 0 Å². The normalized spacial score (nSPS) is 28.1. The molecule has 1 fully saturated rings. The molecule has 0 N–H and O–H groups in total. The van der Waals surface area contributed by atoms with Crippen LogP contribution in [0.1, 0.15) is 19.8 Å². The molecule has 1 rings (SSSR count). The molecule has 1 aliphatic rings. The second kappa shape index (κ2) is 6.08. The van der Waals surface area contributed by atoms with Crippen molar-refractivity contribution in [3.8, 4) is 0 Å². The van der Waals surface area contributed by atoms with E-state index in [0.717, 1.165) is 0 Å². The molecule has 0 bridgehead atoms. The van der Waals surface area contributed by atoms with Crippen LogP contribution in [-0.4, -0.2) is 30.6 Å². The summed E-state index contributed by atoms with van der Waals surface area (Å²) >= 11 is 0. The topological polar surface area (TPSA) is 12.5 Å². The van der Waals surface area contributed by atoms with Gasteiger partial charge in [-0.1, -0.05) is 0 Å². The molecule has 1 heterocycles. The van der Waals surface area contributed by atoms with Crippen LogP contribution in [0.15, 0.2) is 0 Å². The van der Waals surface area contributed by atoms with Crippen molar-refractivity contribution in [3.05, 3.63) is 7.11 Å². The quantitative estimate of drug-likeness (QED) is 0.371. The van der Waals surface area contributed by atoms with Gasteiger partial charge in [-0.25, -0.2) is 7.11 Å². The fourth-order valence-corrected chi connectivity index (χ4v) is 1.64. The van der Waals surface area contributed by atoms with E-state index in [4.69, 9.17) is 4.74 Å². The Morgan fingerprint density at radius 1 is 1.64 bits per heavy atom. The monoisotopic (exact) mass is 181 g/mol. The average Bonchev–Trinajstić information content (AvgIpc) is 2.34. The first-order chi connectivity index (χ1) is 4.75. The third kappa shape index (κ3) is 3.42. The summed E-state index contributed by atoms with van der Waals surface area (Å²) in [7, 11) is 5.58. The van der Waals surface area contributed by atoms with E-state index in [1.807, 2.05) is 0 Å². The number of likely N-dealkylation sites (tertiary alicyclic amines) is 1. The second-order valence-corrected chi connectivity index (χ2v) is 3.06. The number of nitrogens with zero attached hydrogens (tertiary/aromatic N) is 1. The second-order valence-electron chi connectivity index (χ2n) is 3.06. The van der Waals surface area contributed by atoms with Crippen molar-refractivity contribution in [1.82, 2.24) is 4.90 Å². The summed E-state index contributed by atoms with van der Waals surface area (Å²) in [4.78, 5) is 2.34. The largest absolute Gasteiger partial charge is 1.00 e. The SMILES string of the molecule is [CH2-]OC(C)C1CCCN1C.[K+]. The van der Waals surface area contributed by atoms with Gasteiger partial charge < -0.3 is 9.64 Å². The molecule has 0 aromatic rings. The zero-order chi connectivity index (χ0) is 7.56. The summed E-state index contributed by atoms with van der Waals surface area (Å²) in [5.41, 5.74) is 0. The van der Waals surface area contributed by atoms with E-state index in [9.17, 15) is 0 Å². The Balaban J connectivity index is 0.000001000. The minimum absolute atomic E-state index is 0. The fourth-order valence-electron chi connectivity index (χ4n) is 1.64. The van der Waals surface area contributed by atoms with Crippen LogP contribution < -0.4 is 51.4 Å². The number of ether oxygens (including phenoxy) is 1. The third-order valence-corrected chi connectivity index (χ3v) is 2.38. The maximum Gasteiger partial charge on any atom is 1.00 e. The summed E-state index contributed by atoms with van der Waals surface area (Å²) in [6.07, 6.45) is 2.84. The molecule has 3 heteroatoms. The summed E-state index contributed by atoms with van der Waals surface area (Å²) in [5.74, 6) is 0. The molecule has 0 aromatic heterocycles. The predicted molar refractivity (Wildman–Crippen MR) is 41.6 cm³/mol. The zero-order valence-electron chi connectivity index (χ0n) is 7.84. The van der Waals surface area contributed by atoms with Gasteiger partial charge in [-0.05, 0) is 33.4 Å². The first kappa shape index (κ1) is 12.6. The molecule has 0 amide bonds. The molecule has 2 nitrogen and oxygen atoms in total. The zero-order valence-corrected chi connectivity index (χ0v) is 11.0. The Hall–Kier alpha value is 1.56. The Morgan fingerprint density at radius 2 is 2.27 bits per heavy atom. The summed E-state index contributed by atoms with van der Waals surface area (Å²) < 4.78 is 5.01. The Morgan fingerprint density at radius 3 is 2.64 bits per heavy atom. The molecule has 0 aromatic carbocycles. The van der Waals surface area contributed by atoms with E-state index in [1.54, 1.807) is 0 Å². The molecule has 11 heavy (non-hydrogen) atoms. The Labute approximate surface area is 112 Å². The van der Waals surface area contributed by atoms with Crippen molar-refractivity contribution in [3.63, 3.8) is 0 Å².